The molecule has 1 aromatic heterocycles. The van der Waals surface area contributed by atoms with Crippen molar-refractivity contribution in [3.8, 4) is 0 Å². The lowest BCUT2D eigenvalue weighted by atomic mass is 10.1. The molecule has 0 bridgehead atoms. The zero-order chi connectivity index (χ0) is 24.1. The quantitative estimate of drug-likeness (QED) is 0.371. The molecule has 1 aliphatic heterocycles. The van der Waals surface area contributed by atoms with Crippen LogP contribution >= 0.6 is 0 Å². The van der Waals surface area contributed by atoms with Crippen LogP contribution in [0.25, 0.3) is 0 Å². The fraction of sp³-hybridized carbons (Fsp3) is 0.609. The first-order valence-corrected chi connectivity index (χ1v) is 16.7. The van der Waals surface area contributed by atoms with Crippen molar-refractivity contribution in [2.24, 2.45) is 0 Å². The topological polar surface area (TPSA) is 99.9 Å². The molecule has 1 N–H and O–H groups in total. The smallest absolute Gasteiger partial charge is 0.240 e. The molecule has 1 saturated heterocycles. The zero-order valence-electron chi connectivity index (χ0n) is 19.9. The van der Waals surface area contributed by atoms with Gasteiger partial charge in [-0.3, -0.25) is 4.57 Å². The van der Waals surface area contributed by atoms with E-state index in [1.54, 1.807) is 25.1 Å². The summed E-state index contributed by atoms with van der Waals surface area (Å²) in [7, 11) is -5.18. The van der Waals surface area contributed by atoms with Crippen LogP contribution in [0.2, 0.25) is 25.7 Å². The fourth-order valence-corrected chi connectivity index (χ4v) is 5.61. The summed E-state index contributed by atoms with van der Waals surface area (Å²) in [5.74, 6) is 0. The van der Waals surface area contributed by atoms with Crippen LogP contribution < -0.4 is 0 Å². The van der Waals surface area contributed by atoms with Crippen molar-refractivity contribution < 1.29 is 27.7 Å². The van der Waals surface area contributed by atoms with Gasteiger partial charge in [0.05, 0.1) is 16.7 Å². The van der Waals surface area contributed by atoms with Crippen LogP contribution in [0.3, 0.4) is 0 Å². The Kier molecular flexibility index (Phi) is 8.87. The summed E-state index contributed by atoms with van der Waals surface area (Å²) < 4.78 is 45.3. The molecule has 3 unspecified atom stereocenters. The van der Waals surface area contributed by atoms with E-state index in [1.165, 1.54) is 22.9 Å². The van der Waals surface area contributed by atoms with E-state index >= 15 is 0 Å². The molecule has 1 aliphatic rings. The highest BCUT2D eigenvalue weighted by molar-refractivity contribution is 7.91. The minimum Gasteiger partial charge on any atom is -0.384 e. The van der Waals surface area contributed by atoms with Crippen LogP contribution in [0, 0.1) is 0 Å². The lowest BCUT2D eigenvalue weighted by molar-refractivity contribution is -0.203. The molecule has 0 spiro atoms. The number of aliphatic hydroxyl groups is 1. The van der Waals surface area contributed by atoms with Gasteiger partial charge in [-0.1, -0.05) is 37.8 Å². The van der Waals surface area contributed by atoms with Gasteiger partial charge >= 0.3 is 0 Å². The SMILES string of the molecule is CC(OC1CCCCO1)C(O)c1cn(COCC[Si](C)(C)C)c(S(=O)(=O)c2ccccc2)n1. The molecule has 184 valence electrons. The largest absolute Gasteiger partial charge is 0.384 e. The number of rotatable bonds is 11. The van der Waals surface area contributed by atoms with Crippen molar-refractivity contribution >= 4 is 17.9 Å². The van der Waals surface area contributed by atoms with Crippen molar-refractivity contribution in [1.29, 1.82) is 0 Å². The van der Waals surface area contributed by atoms with Gasteiger partial charge in [0.2, 0.25) is 15.0 Å². The fourth-order valence-electron chi connectivity index (χ4n) is 3.49. The maximum absolute atomic E-state index is 13.3. The molecular formula is C23H36N2O6SSi. The second-order valence-electron chi connectivity index (χ2n) is 9.66. The van der Waals surface area contributed by atoms with E-state index < -0.39 is 30.1 Å². The molecule has 0 saturated carbocycles. The number of imidazole rings is 1. The van der Waals surface area contributed by atoms with Crippen molar-refractivity contribution in [2.45, 2.75) is 87.2 Å². The predicted octanol–water partition coefficient (Wildman–Crippen LogP) is 3.99. The summed E-state index contributed by atoms with van der Waals surface area (Å²) in [6.07, 6.45) is 2.22. The second kappa shape index (κ2) is 11.2. The summed E-state index contributed by atoms with van der Waals surface area (Å²) >= 11 is 0. The molecule has 2 aromatic rings. The molecule has 3 rings (SSSR count). The number of ether oxygens (including phenoxy) is 3. The van der Waals surface area contributed by atoms with E-state index in [2.05, 4.69) is 24.6 Å². The lowest BCUT2D eigenvalue weighted by Crippen LogP contribution is -2.30. The monoisotopic (exact) mass is 496 g/mol. The first-order chi connectivity index (χ1) is 15.6. The molecule has 33 heavy (non-hydrogen) atoms. The minimum atomic E-state index is -3.90. The number of benzene rings is 1. The van der Waals surface area contributed by atoms with Gasteiger partial charge in [0.15, 0.2) is 6.29 Å². The van der Waals surface area contributed by atoms with Gasteiger partial charge in [0.1, 0.15) is 12.8 Å². The standard InChI is InChI=1S/C23H36N2O6SSi/c1-18(31-21-12-8-9-13-30-21)22(26)20-16-25(17-29-14-15-33(2,3)4)23(24-20)32(27,28)19-10-6-5-7-11-19/h5-7,10-11,16,18,21-22,26H,8-9,12-15,17H2,1-4H3. The molecule has 1 fully saturated rings. The molecular weight excluding hydrogens is 460 g/mol. The Balaban J connectivity index is 1.82. The number of hydrogen-bond donors (Lipinski definition) is 1. The third-order valence-electron chi connectivity index (χ3n) is 5.53. The normalized spacial score (nSPS) is 19.4. The average molecular weight is 497 g/mol. The number of hydrogen-bond acceptors (Lipinski definition) is 7. The lowest BCUT2D eigenvalue weighted by Gasteiger charge is -2.27. The number of nitrogens with zero attached hydrogens (tertiary/aromatic N) is 2. The molecule has 1 aromatic carbocycles. The average Bonchev–Trinajstić information content (AvgIpc) is 3.22. The molecule has 2 heterocycles. The summed E-state index contributed by atoms with van der Waals surface area (Å²) in [6.45, 7) is 9.70. The van der Waals surface area contributed by atoms with Crippen molar-refractivity contribution in [2.75, 3.05) is 13.2 Å². The van der Waals surface area contributed by atoms with Gasteiger partial charge in [0.25, 0.3) is 0 Å². The Hall–Kier alpha value is -1.56. The maximum Gasteiger partial charge on any atom is 0.240 e. The van der Waals surface area contributed by atoms with Gasteiger partial charge in [-0.25, -0.2) is 13.4 Å². The van der Waals surface area contributed by atoms with Crippen LogP contribution in [-0.4, -0.2) is 56.8 Å². The first-order valence-electron chi connectivity index (χ1n) is 11.5. The van der Waals surface area contributed by atoms with Gasteiger partial charge in [0, 0.05) is 27.5 Å². The van der Waals surface area contributed by atoms with Gasteiger partial charge in [-0.2, -0.15) is 0 Å². The summed E-state index contributed by atoms with van der Waals surface area (Å²) in [5, 5.41) is 10.7. The van der Waals surface area contributed by atoms with Crippen LogP contribution in [0.1, 0.15) is 38.0 Å². The Bertz CT molecular complexity index is 984. The van der Waals surface area contributed by atoms with Gasteiger partial charge in [-0.05, 0) is 44.4 Å². The third-order valence-corrected chi connectivity index (χ3v) is 8.93. The van der Waals surface area contributed by atoms with Crippen LogP contribution in [0.15, 0.2) is 46.6 Å². The number of aromatic nitrogens is 2. The Morgan fingerprint density at radius 1 is 1.24 bits per heavy atom. The number of sulfone groups is 1. The van der Waals surface area contributed by atoms with Crippen molar-refractivity contribution in [3.05, 3.63) is 42.2 Å². The minimum absolute atomic E-state index is 0.0343. The predicted molar refractivity (Wildman–Crippen MR) is 127 cm³/mol. The third kappa shape index (κ3) is 7.21. The van der Waals surface area contributed by atoms with Crippen LogP contribution in [0.5, 0.6) is 0 Å². The summed E-state index contributed by atoms with van der Waals surface area (Å²) in [6, 6.07) is 9.11. The van der Waals surface area contributed by atoms with Crippen molar-refractivity contribution in [3.63, 3.8) is 0 Å². The van der Waals surface area contributed by atoms with E-state index in [0.29, 0.717) is 13.2 Å². The number of aliphatic hydroxyl groups excluding tert-OH is 1. The summed E-state index contributed by atoms with van der Waals surface area (Å²) in [5.41, 5.74) is 0.224. The Morgan fingerprint density at radius 3 is 2.61 bits per heavy atom. The molecule has 8 nitrogen and oxygen atoms in total. The van der Waals surface area contributed by atoms with E-state index in [1.807, 2.05) is 0 Å². The van der Waals surface area contributed by atoms with Crippen molar-refractivity contribution in [1.82, 2.24) is 9.55 Å². The van der Waals surface area contributed by atoms with E-state index in [4.69, 9.17) is 14.2 Å². The highest BCUT2D eigenvalue weighted by Crippen LogP contribution is 2.27. The van der Waals surface area contributed by atoms with Crippen LogP contribution in [0.4, 0.5) is 0 Å². The molecule has 0 amide bonds. The van der Waals surface area contributed by atoms with E-state index in [0.717, 1.165) is 25.3 Å². The summed E-state index contributed by atoms with van der Waals surface area (Å²) in [4.78, 5) is 4.47. The first kappa shape index (κ1) is 26.0. The molecule has 10 heteroatoms. The highest BCUT2D eigenvalue weighted by atomic mass is 32.2. The van der Waals surface area contributed by atoms with Gasteiger partial charge < -0.3 is 19.3 Å². The Morgan fingerprint density at radius 2 is 1.97 bits per heavy atom. The highest BCUT2D eigenvalue weighted by Gasteiger charge is 2.30. The Labute approximate surface area is 197 Å². The second-order valence-corrected chi connectivity index (χ2v) is 17.1. The van der Waals surface area contributed by atoms with Gasteiger partial charge in [-0.15, -0.1) is 0 Å². The zero-order valence-corrected chi connectivity index (χ0v) is 21.8. The maximum atomic E-state index is 13.3. The molecule has 0 aliphatic carbocycles. The van der Waals surface area contributed by atoms with E-state index in [9.17, 15) is 13.5 Å². The van der Waals surface area contributed by atoms with E-state index in [-0.39, 0.29) is 28.8 Å². The molecule has 0 radical (unpaired) electrons. The van der Waals surface area contributed by atoms with Crippen LogP contribution in [-0.2, 0) is 30.8 Å². The molecule has 3 atom stereocenters.